The standard InChI is InChI=1S/C27H27NO6/c1-31-24-15-20-13-14-28(26(29)18-7-5-4-6-8-18)23(22(20)16-25(24)32-2)17-34-21-11-9-19(10-12-21)27(30)33-3/h4-12,15-16,23H,13-14,17H2,1-3H3/t23-/m0/s1. The van der Waals surface area contributed by atoms with Gasteiger partial charge in [0.05, 0.1) is 32.9 Å². The third-order valence-corrected chi connectivity index (χ3v) is 5.97. The average Bonchev–Trinajstić information content (AvgIpc) is 2.90. The van der Waals surface area contributed by atoms with Gasteiger partial charge in [-0.05, 0) is 66.1 Å². The first-order chi connectivity index (χ1) is 16.5. The van der Waals surface area contributed by atoms with Crippen molar-refractivity contribution in [2.75, 3.05) is 34.5 Å². The van der Waals surface area contributed by atoms with Crippen molar-refractivity contribution in [3.8, 4) is 17.2 Å². The molecule has 4 rings (SSSR count). The van der Waals surface area contributed by atoms with E-state index in [-0.39, 0.29) is 18.6 Å². The van der Waals surface area contributed by atoms with Crippen LogP contribution in [0.5, 0.6) is 17.2 Å². The minimum Gasteiger partial charge on any atom is -0.493 e. The summed E-state index contributed by atoms with van der Waals surface area (Å²) in [5.41, 5.74) is 3.11. The molecule has 3 aromatic carbocycles. The van der Waals surface area contributed by atoms with E-state index >= 15 is 0 Å². The molecule has 0 saturated heterocycles. The van der Waals surface area contributed by atoms with Gasteiger partial charge in [-0.3, -0.25) is 4.79 Å². The molecule has 7 nitrogen and oxygen atoms in total. The van der Waals surface area contributed by atoms with Crippen LogP contribution in [0.15, 0.2) is 66.7 Å². The third kappa shape index (κ3) is 4.69. The van der Waals surface area contributed by atoms with Crippen molar-refractivity contribution in [1.82, 2.24) is 4.90 Å². The predicted octanol–water partition coefficient (Wildman–Crippen LogP) is 4.31. The first kappa shape index (κ1) is 23.2. The quantitative estimate of drug-likeness (QED) is 0.488. The summed E-state index contributed by atoms with van der Waals surface area (Å²) in [4.78, 5) is 27.0. The van der Waals surface area contributed by atoms with Gasteiger partial charge in [0.15, 0.2) is 11.5 Å². The molecule has 0 saturated carbocycles. The smallest absolute Gasteiger partial charge is 0.337 e. The molecule has 0 aromatic heterocycles. The minimum atomic E-state index is -0.409. The summed E-state index contributed by atoms with van der Waals surface area (Å²) < 4.78 is 21.8. The number of carbonyl (C=O) groups is 2. The van der Waals surface area contributed by atoms with Gasteiger partial charge in [0.1, 0.15) is 12.4 Å². The zero-order chi connectivity index (χ0) is 24.1. The number of hydrogen-bond donors (Lipinski definition) is 0. The van der Waals surface area contributed by atoms with E-state index in [1.165, 1.54) is 7.11 Å². The molecular weight excluding hydrogens is 434 g/mol. The summed E-state index contributed by atoms with van der Waals surface area (Å²) >= 11 is 0. The monoisotopic (exact) mass is 461 g/mol. The Morgan fingerprint density at radius 1 is 0.882 bits per heavy atom. The number of amides is 1. The zero-order valence-electron chi connectivity index (χ0n) is 19.4. The van der Waals surface area contributed by atoms with E-state index in [1.54, 1.807) is 38.5 Å². The zero-order valence-corrected chi connectivity index (χ0v) is 19.4. The maximum Gasteiger partial charge on any atom is 0.337 e. The van der Waals surface area contributed by atoms with Gasteiger partial charge >= 0.3 is 5.97 Å². The van der Waals surface area contributed by atoms with Gasteiger partial charge in [0, 0.05) is 12.1 Å². The number of esters is 1. The summed E-state index contributed by atoms with van der Waals surface area (Å²) in [7, 11) is 4.54. The number of carbonyl (C=O) groups excluding carboxylic acids is 2. The molecule has 0 bridgehead atoms. The first-order valence-corrected chi connectivity index (χ1v) is 11.0. The number of methoxy groups -OCH3 is 3. The Labute approximate surface area is 198 Å². The Balaban J connectivity index is 1.65. The van der Waals surface area contributed by atoms with Crippen molar-refractivity contribution in [1.29, 1.82) is 0 Å². The lowest BCUT2D eigenvalue weighted by Gasteiger charge is -2.37. The molecule has 1 atom stereocenters. The second kappa shape index (κ2) is 10.3. The molecule has 34 heavy (non-hydrogen) atoms. The van der Waals surface area contributed by atoms with E-state index in [2.05, 4.69) is 0 Å². The van der Waals surface area contributed by atoms with E-state index in [0.717, 1.165) is 11.1 Å². The van der Waals surface area contributed by atoms with Crippen molar-refractivity contribution in [2.45, 2.75) is 12.5 Å². The highest BCUT2D eigenvalue weighted by Gasteiger charge is 2.33. The van der Waals surface area contributed by atoms with E-state index in [0.29, 0.717) is 41.3 Å². The molecule has 0 unspecified atom stereocenters. The predicted molar refractivity (Wildman–Crippen MR) is 127 cm³/mol. The number of hydrogen-bond acceptors (Lipinski definition) is 6. The van der Waals surface area contributed by atoms with E-state index in [9.17, 15) is 9.59 Å². The number of benzene rings is 3. The number of rotatable bonds is 7. The number of nitrogens with zero attached hydrogens (tertiary/aromatic N) is 1. The lowest BCUT2D eigenvalue weighted by atomic mass is 9.91. The van der Waals surface area contributed by atoms with E-state index in [4.69, 9.17) is 18.9 Å². The Hall–Kier alpha value is -4.00. The van der Waals surface area contributed by atoms with Gasteiger partial charge in [-0.2, -0.15) is 0 Å². The normalized spacial score (nSPS) is 14.7. The van der Waals surface area contributed by atoms with Crippen LogP contribution in [0.2, 0.25) is 0 Å². The van der Waals surface area contributed by atoms with Crippen molar-refractivity contribution in [3.63, 3.8) is 0 Å². The summed E-state index contributed by atoms with van der Waals surface area (Å²) in [6.07, 6.45) is 0.693. The van der Waals surface area contributed by atoms with Gasteiger partial charge in [-0.25, -0.2) is 4.79 Å². The van der Waals surface area contributed by atoms with Crippen LogP contribution in [-0.4, -0.2) is 51.3 Å². The fourth-order valence-corrected chi connectivity index (χ4v) is 4.18. The second-order valence-corrected chi connectivity index (χ2v) is 7.86. The molecule has 1 aliphatic rings. The lowest BCUT2D eigenvalue weighted by Crippen LogP contribution is -2.42. The molecular formula is C27H27NO6. The van der Waals surface area contributed by atoms with E-state index in [1.807, 2.05) is 47.4 Å². The van der Waals surface area contributed by atoms with Gasteiger partial charge in [0.25, 0.3) is 5.91 Å². The largest absolute Gasteiger partial charge is 0.493 e. The Morgan fingerprint density at radius 3 is 2.21 bits per heavy atom. The molecule has 1 heterocycles. The maximum absolute atomic E-state index is 13.4. The van der Waals surface area contributed by atoms with Gasteiger partial charge in [-0.15, -0.1) is 0 Å². The molecule has 0 spiro atoms. The average molecular weight is 462 g/mol. The second-order valence-electron chi connectivity index (χ2n) is 7.86. The Bertz CT molecular complexity index is 1160. The fourth-order valence-electron chi connectivity index (χ4n) is 4.18. The van der Waals surface area contributed by atoms with Gasteiger partial charge in [-0.1, -0.05) is 18.2 Å². The van der Waals surface area contributed by atoms with Crippen LogP contribution in [0.4, 0.5) is 0 Å². The van der Waals surface area contributed by atoms with Crippen molar-refractivity contribution in [2.24, 2.45) is 0 Å². The molecule has 0 fully saturated rings. The molecule has 0 N–H and O–H groups in total. The minimum absolute atomic E-state index is 0.0596. The topological polar surface area (TPSA) is 74.3 Å². The van der Waals surface area contributed by atoms with Crippen LogP contribution >= 0.6 is 0 Å². The van der Waals surface area contributed by atoms with Crippen LogP contribution in [0.3, 0.4) is 0 Å². The number of fused-ring (bicyclic) bond motifs is 1. The summed E-state index contributed by atoms with van der Waals surface area (Å²) in [6, 6.07) is 19.5. The molecule has 3 aromatic rings. The highest BCUT2D eigenvalue weighted by Crippen LogP contribution is 2.39. The third-order valence-electron chi connectivity index (χ3n) is 5.97. The van der Waals surface area contributed by atoms with E-state index < -0.39 is 5.97 Å². The van der Waals surface area contributed by atoms with Crippen LogP contribution in [0.25, 0.3) is 0 Å². The number of ether oxygens (including phenoxy) is 4. The Kier molecular flexibility index (Phi) is 7.01. The highest BCUT2D eigenvalue weighted by molar-refractivity contribution is 5.94. The van der Waals surface area contributed by atoms with Gasteiger partial charge < -0.3 is 23.8 Å². The molecule has 176 valence electrons. The van der Waals surface area contributed by atoms with Crippen LogP contribution < -0.4 is 14.2 Å². The van der Waals surface area contributed by atoms with Gasteiger partial charge in [0.2, 0.25) is 0 Å². The van der Waals surface area contributed by atoms with Crippen molar-refractivity contribution in [3.05, 3.63) is 89.0 Å². The summed E-state index contributed by atoms with van der Waals surface area (Å²) in [5, 5.41) is 0. The fraction of sp³-hybridized carbons (Fsp3) is 0.259. The molecule has 0 aliphatic carbocycles. The Morgan fingerprint density at radius 2 is 1.56 bits per heavy atom. The summed E-state index contributed by atoms with van der Waals surface area (Å²) in [6.45, 7) is 0.782. The van der Waals surface area contributed by atoms with Crippen molar-refractivity contribution >= 4 is 11.9 Å². The van der Waals surface area contributed by atoms with Crippen molar-refractivity contribution < 1.29 is 28.5 Å². The first-order valence-electron chi connectivity index (χ1n) is 11.0. The SMILES string of the molecule is COC(=O)c1ccc(OC[C@H]2c3cc(OC)c(OC)cc3CCN2C(=O)c2ccccc2)cc1. The summed E-state index contributed by atoms with van der Waals surface area (Å²) in [5.74, 6) is 1.38. The molecule has 0 radical (unpaired) electrons. The lowest BCUT2D eigenvalue weighted by molar-refractivity contribution is 0.0583. The molecule has 1 amide bonds. The van der Waals surface area contributed by atoms with Crippen LogP contribution in [-0.2, 0) is 11.2 Å². The molecule has 7 heteroatoms. The molecule has 1 aliphatic heterocycles. The highest BCUT2D eigenvalue weighted by atomic mass is 16.5. The maximum atomic E-state index is 13.4. The van der Waals surface area contributed by atoms with Crippen LogP contribution in [0, 0.1) is 0 Å². The van der Waals surface area contributed by atoms with Crippen LogP contribution in [0.1, 0.15) is 37.9 Å².